The lowest BCUT2D eigenvalue weighted by Crippen LogP contribution is -1.74. The molecule has 0 fully saturated rings. The zero-order chi connectivity index (χ0) is 9.26. The van der Waals surface area contributed by atoms with Gasteiger partial charge in [-0.15, -0.1) is 0 Å². The third-order valence-corrected chi connectivity index (χ3v) is 2.50. The van der Waals surface area contributed by atoms with E-state index in [4.69, 9.17) is 5.11 Å². The van der Waals surface area contributed by atoms with Crippen molar-refractivity contribution in [2.24, 2.45) is 0 Å². The monoisotopic (exact) mass is 192 g/mol. The predicted molar refractivity (Wildman–Crippen MR) is 53.1 cm³/mol. The van der Waals surface area contributed by atoms with Gasteiger partial charge in [0.15, 0.2) is 0 Å². The molecular weight excluding hydrogens is 184 g/mol. The average molecular weight is 192 g/mol. The first-order valence-electron chi connectivity index (χ1n) is 3.82. The summed E-state index contributed by atoms with van der Waals surface area (Å²) in [5, 5.41) is 22.5. The highest BCUT2D eigenvalue weighted by Gasteiger charge is 2.04. The highest BCUT2D eigenvalue weighted by Crippen LogP contribution is 2.32. The number of benzene rings is 1. The van der Waals surface area contributed by atoms with Gasteiger partial charge in [0.2, 0.25) is 0 Å². The van der Waals surface area contributed by atoms with Crippen LogP contribution in [0.3, 0.4) is 0 Å². The lowest BCUT2D eigenvalue weighted by molar-refractivity contribution is 0.452. The van der Waals surface area contributed by atoms with E-state index in [9.17, 15) is 5.11 Å². The predicted octanol–water partition coefficient (Wildman–Crippen LogP) is 2.83. The van der Waals surface area contributed by atoms with Gasteiger partial charge in [-0.3, -0.25) is 0 Å². The van der Waals surface area contributed by atoms with Crippen molar-refractivity contribution in [3.8, 4) is 22.6 Å². The second kappa shape index (κ2) is 3.11. The van der Waals surface area contributed by atoms with Crippen LogP contribution < -0.4 is 0 Å². The molecule has 0 aliphatic heterocycles. The maximum Gasteiger partial charge on any atom is 0.127 e. The van der Waals surface area contributed by atoms with E-state index >= 15 is 0 Å². The minimum atomic E-state index is 0.0801. The summed E-state index contributed by atoms with van der Waals surface area (Å²) in [7, 11) is 0. The van der Waals surface area contributed by atoms with E-state index in [2.05, 4.69) is 0 Å². The summed E-state index contributed by atoms with van der Waals surface area (Å²) in [6.45, 7) is 0. The van der Waals surface area contributed by atoms with Crippen LogP contribution in [0.25, 0.3) is 11.1 Å². The minimum absolute atomic E-state index is 0.0801. The molecule has 0 amide bonds. The van der Waals surface area contributed by atoms with Crippen molar-refractivity contribution < 1.29 is 10.2 Å². The summed E-state index contributed by atoms with van der Waals surface area (Å²) < 4.78 is 0. The van der Waals surface area contributed by atoms with Crippen LogP contribution in [0.15, 0.2) is 35.0 Å². The average Bonchev–Trinajstić information content (AvgIpc) is 2.56. The Kier molecular flexibility index (Phi) is 1.94. The maximum atomic E-state index is 9.51. The SMILES string of the molecule is Oc1ccc(-c2ccsc2)c(O)c1. The third kappa shape index (κ3) is 1.51. The molecule has 3 heteroatoms. The molecule has 66 valence electrons. The Labute approximate surface area is 79.7 Å². The second-order valence-electron chi connectivity index (χ2n) is 2.71. The first kappa shape index (κ1) is 8.13. The number of thiophene rings is 1. The summed E-state index contributed by atoms with van der Waals surface area (Å²) in [5.41, 5.74) is 1.72. The lowest BCUT2D eigenvalue weighted by atomic mass is 10.1. The molecule has 1 aromatic heterocycles. The molecule has 0 spiro atoms. The summed E-state index contributed by atoms with van der Waals surface area (Å²) in [5.74, 6) is 0.190. The van der Waals surface area contributed by atoms with E-state index in [-0.39, 0.29) is 11.5 Å². The fourth-order valence-corrected chi connectivity index (χ4v) is 1.84. The molecule has 2 aromatic rings. The van der Waals surface area contributed by atoms with Crippen LogP contribution in [0.4, 0.5) is 0 Å². The van der Waals surface area contributed by atoms with E-state index < -0.39 is 0 Å². The molecule has 0 aliphatic rings. The Morgan fingerprint density at radius 1 is 1.08 bits per heavy atom. The van der Waals surface area contributed by atoms with E-state index in [1.807, 2.05) is 16.8 Å². The van der Waals surface area contributed by atoms with Crippen LogP contribution >= 0.6 is 11.3 Å². The van der Waals surface area contributed by atoms with Crippen molar-refractivity contribution >= 4 is 11.3 Å². The van der Waals surface area contributed by atoms with Crippen LogP contribution in [0.2, 0.25) is 0 Å². The number of hydrogen-bond acceptors (Lipinski definition) is 3. The van der Waals surface area contributed by atoms with Crippen LogP contribution in [0.1, 0.15) is 0 Å². The fourth-order valence-electron chi connectivity index (χ4n) is 1.18. The lowest BCUT2D eigenvalue weighted by Gasteiger charge is -2.01. The smallest absolute Gasteiger partial charge is 0.127 e. The largest absolute Gasteiger partial charge is 0.508 e. The van der Waals surface area contributed by atoms with Crippen molar-refractivity contribution in [1.82, 2.24) is 0 Å². The zero-order valence-electron chi connectivity index (χ0n) is 6.77. The molecule has 1 heterocycles. The summed E-state index contributed by atoms with van der Waals surface area (Å²) in [6.07, 6.45) is 0. The van der Waals surface area contributed by atoms with E-state index in [1.54, 1.807) is 23.5 Å². The van der Waals surface area contributed by atoms with E-state index in [0.29, 0.717) is 0 Å². The normalized spacial score (nSPS) is 10.2. The van der Waals surface area contributed by atoms with Gasteiger partial charge in [0.25, 0.3) is 0 Å². The number of hydrogen-bond donors (Lipinski definition) is 2. The molecule has 0 saturated heterocycles. The molecule has 0 saturated carbocycles. The Hall–Kier alpha value is -1.48. The van der Waals surface area contributed by atoms with Gasteiger partial charge in [-0.25, -0.2) is 0 Å². The second-order valence-corrected chi connectivity index (χ2v) is 3.49. The Bertz CT molecular complexity index is 407. The van der Waals surface area contributed by atoms with Crippen molar-refractivity contribution in [1.29, 1.82) is 0 Å². The standard InChI is InChI=1S/C10H8O2S/c11-8-1-2-9(10(12)5-8)7-3-4-13-6-7/h1-6,11-12H. The molecule has 2 rings (SSSR count). The molecule has 2 nitrogen and oxygen atoms in total. The molecular formula is C10H8O2S. The minimum Gasteiger partial charge on any atom is -0.508 e. The molecule has 0 aliphatic carbocycles. The van der Waals surface area contributed by atoms with Crippen LogP contribution in [0.5, 0.6) is 11.5 Å². The van der Waals surface area contributed by atoms with Crippen molar-refractivity contribution in [2.45, 2.75) is 0 Å². The van der Waals surface area contributed by atoms with Gasteiger partial charge in [-0.05, 0) is 34.5 Å². The molecule has 0 bridgehead atoms. The molecule has 0 atom stereocenters. The molecule has 0 radical (unpaired) electrons. The number of phenols is 2. The quantitative estimate of drug-likeness (QED) is 0.729. The van der Waals surface area contributed by atoms with Gasteiger partial charge >= 0.3 is 0 Å². The first-order chi connectivity index (χ1) is 6.27. The number of phenolic OH excluding ortho intramolecular Hbond substituents is 2. The highest BCUT2D eigenvalue weighted by molar-refractivity contribution is 7.08. The van der Waals surface area contributed by atoms with Crippen molar-refractivity contribution in [3.63, 3.8) is 0 Å². The molecule has 2 N–H and O–H groups in total. The van der Waals surface area contributed by atoms with Gasteiger partial charge < -0.3 is 10.2 Å². The van der Waals surface area contributed by atoms with Gasteiger partial charge in [0.1, 0.15) is 11.5 Å². The molecule has 1 aromatic carbocycles. The number of rotatable bonds is 1. The van der Waals surface area contributed by atoms with Crippen molar-refractivity contribution in [3.05, 3.63) is 35.0 Å². The Morgan fingerprint density at radius 2 is 1.92 bits per heavy atom. The molecule has 13 heavy (non-hydrogen) atoms. The van der Waals surface area contributed by atoms with Crippen molar-refractivity contribution in [2.75, 3.05) is 0 Å². The zero-order valence-corrected chi connectivity index (χ0v) is 7.58. The van der Waals surface area contributed by atoms with Gasteiger partial charge in [0.05, 0.1) is 0 Å². The van der Waals surface area contributed by atoms with E-state index in [0.717, 1.165) is 11.1 Å². The maximum absolute atomic E-state index is 9.51. The summed E-state index contributed by atoms with van der Waals surface area (Å²) in [6, 6.07) is 6.53. The Morgan fingerprint density at radius 3 is 2.54 bits per heavy atom. The fraction of sp³-hybridized carbons (Fsp3) is 0. The molecule has 0 unspecified atom stereocenters. The highest BCUT2D eigenvalue weighted by atomic mass is 32.1. The Balaban J connectivity index is 2.53. The van der Waals surface area contributed by atoms with Crippen LogP contribution in [-0.4, -0.2) is 10.2 Å². The summed E-state index contributed by atoms with van der Waals surface area (Å²) >= 11 is 1.57. The third-order valence-electron chi connectivity index (χ3n) is 1.81. The van der Waals surface area contributed by atoms with Crippen LogP contribution in [-0.2, 0) is 0 Å². The summed E-state index contributed by atoms with van der Waals surface area (Å²) in [4.78, 5) is 0. The van der Waals surface area contributed by atoms with Gasteiger partial charge in [-0.2, -0.15) is 11.3 Å². The first-order valence-corrected chi connectivity index (χ1v) is 4.76. The van der Waals surface area contributed by atoms with Gasteiger partial charge in [-0.1, -0.05) is 0 Å². The number of aromatic hydroxyl groups is 2. The van der Waals surface area contributed by atoms with E-state index in [1.165, 1.54) is 6.07 Å². The van der Waals surface area contributed by atoms with Crippen LogP contribution in [0, 0.1) is 0 Å². The van der Waals surface area contributed by atoms with Gasteiger partial charge in [0, 0.05) is 11.6 Å². The topological polar surface area (TPSA) is 40.5 Å².